The Labute approximate surface area is 129 Å². The molecule has 1 aliphatic carbocycles. The number of amides is 1. The van der Waals surface area contributed by atoms with Crippen molar-refractivity contribution in [3.8, 4) is 5.75 Å². The zero-order valence-corrected chi connectivity index (χ0v) is 13.0. The number of hydrogen-bond donors (Lipinski definition) is 1. The summed E-state index contributed by atoms with van der Waals surface area (Å²) in [6.07, 6.45) is 5.61. The minimum atomic E-state index is -0.533. The van der Waals surface area contributed by atoms with Crippen LogP contribution in [0.2, 0.25) is 0 Å². The van der Waals surface area contributed by atoms with E-state index in [4.69, 9.17) is 16.3 Å². The number of alkyl halides is 1. The summed E-state index contributed by atoms with van der Waals surface area (Å²) >= 11 is 6.10. The van der Waals surface area contributed by atoms with Gasteiger partial charge in [0.05, 0.1) is 7.11 Å². The standard InChI is InChI=1S/C16H21ClFNO2/c1-21-14-6-5-12(9-13(14)18)15(20)19-11-16(10-17)7-3-2-4-8-16/h5-6,9H,2-4,7-8,10-11H2,1H3,(H,19,20). The van der Waals surface area contributed by atoms with Crippen LogP contribution in [0.15, 0.2) is 18.2 Å². The predicted molar refractivity (Wildman–Crippen MR) is 81.5 cm³/mol. The molecule has 5 heteroatoms. The summed E-state index contributed by atoms with van der Waals surface area (Å²) in [5.41, 5.74) is 0.286. The molecule has 0 unspecified atom stereocenters. The Balaban J connectivity index is 1.99. The third-order valence-corrected chi connectivity index (χ3v) is 4.80. The van der Waals surface area contributed by atoms with Crippen molar-refractivity contribution in [2.45, 2.75) is 32.1 Å². The summed E-state index contributed by atoms with van der Waals surface area (Å²) in [6, 6.07) is 4.22. The van der Waals surface area contributed by atoms with Crippen molar-refractivity contribution in [1.29, 1.82) is 0 Å². The minimum absolute atomic E-state index is 0.0134. The van der Waals surface area contributed by atoms with E-state index in [2.05, 4.69) is 5.32 Å². The van der Waals surface area contributed by atoms with Crippen LogP contribution < -0.4 is 10.1 Å². The lowest BCUT2D eigenvalue weighted by Gasteiger charge is -2.35. The first-order chi connectivity index (χ1) is 10.1. The van der Waals surface area contributed by atoms with Gasteiger partial charge in [0.15, 0.2) is 11.6 Å². The Morgan fingerprint density at radius 1 is 1.38 bits per heavy atom. The monoisotopic (exact) mass is 313 g/mol. The van der Waals surface area contributed by atoms with Gasteiger partial charge in [-0.1, -0.05) is 19.3 Å². The maximum Gasteiger partial charge on any atom is 0.251 e. The van der Waals surface area contributed by atoms with E-state index in [-0.39, 0.29) is 17.1 Å². The number of carbonyl (C=O) groups excluding carboxylic acids is 1. The summed E-state index contributed by atoms with van der Waals surface area (Å²) < 4.78 is 18.5. The van der Waals surface area contributed by atoms with Crippen LogP contribution in [-0.4, -0.2) is 25.4 Å². The van der Waals surface area contributed by atoms with Gasteiger partial charge in [-0.2, -0.15) is 0 Å². The molecule has 1 aromatic carbocycles. The highest BCUT2D eigenvalue weighted by Gasteiger charge is 2.31. The zero-order valence-electron chi connectivity index (χ0n) is 12.3. The first-order valence-corrected chi connectivity index (χ1v) is 7.81. The molecule has 1 aromatic rings. The van der Waals surface area contributed by atoms with Crippen LogP contribution in [0.4, 0.5) is 4.39 Å². The second-order valence-corrected chi connectivity index (χ2v) is 5.99. The number of carbonyl (C=O) groups is 1. The van der Waals surface area contributed by atoms with E-state index in [1.807, 2.05) is 0 Å². The molecular formula is C16H21ClFNO2. The molecule has 0 saturated heterocycles. The highest BCUT2D eigenvalue weighted by molar-refractivity contribution is 6.18. The number of ether oxygens (including phenoxy) is 1. The first-order valence-electron chi connectivity index (χ1n) is 7.28. The smallest absolute Gasteiger partial charge is 0.251 e. The average molecular weight is 314 g/mol. The number of halogens is 2. The molecular weight excluding hydrogens is 293 g/mol. The fourth-order valence-electron chi connectivity index (χ4n) is 2.84. The van der Waals surface area contributed by atoms with Crippen molar-refractivity contribution in [2.75, 3.05) is 19.5 Å². The molecule has 0 bridgehead atoms. The molecule has 0 spiro atoms. The Morgan fingerprint density at radius 3 is 2.67 bits per heavy atom. The van der Waals surface area contributed by atoms with Gasteiger partial charge < -0.3 is 10.1 Å². The van der Waals surface area contributed by atoms with Crippen molar-refractivity contribution in [1.82, 2.24) is 5.32 Å². The molecule has 2 rings (SSSR count). The Morgan fingerprint density at radius 2 is 2.10 bits per heavy atom. The molecule has 21 heavy (non-hydrogen) atoms. The Bertz CT molecular complexity index is 501. The number of nitrogens with one attached hydrogen (secondary N) is 1. The van der Waals surface area contributed by atoms with E-state index in [0.717, 1.165) is 25.7 Å². The minimum Gasteiger partial charge on any atom is -0.494 e. The van der Waals surface area contributed by atoms with Gasteiger partial charge in [0.2, 0.25) is 0 Å². The van der Waals surface area contributed by atoms with Gasteiger partial charge in [-0.05, 0) is 31.0 Å². The van der Waals surface area contributed by atoms with Crippen molar-refractivity contribution in [3.63, 3.8) is 0 Å². The third-order valence-electron chi connectivity index (χ3n) is 4.24. The molecule has 1 fully saturated rings. The highest BCUT2D eigenvalue weighted by atomic mass is 35.5. The summed E-state index contributed by atoms with van der Waals surface area (Å²) in [4.78, 5) is 12.1. The maximum atomic E-state index is 13.6. The number of hydrogen-bond acceptors (Lipinski definition) is 2. The van der Waals surface area contributed by atoms with Gasteiger partial charge in [0, 0.05) is 23.4 Å². The van der Waals surface area contributed by atoms with Crippen LogP contribution in [0.1, 0.15) is 42.5 Å². The molecule has 1 saturated carbocycles. The van der Waals surface area contributed by atoms with E-state index in [9.17, 15) is 9.18 Å². The van der Waals surface area contributed by atoms with Gasteiger partial charge in [0.1, 0.15) is 0 Å². The van der Waals surface area contributed by atoms with Gasteiger partial charge in [-0.3, -0.25) is 4.79 Å². The lowest BCUT2D eigenvalue weighted by molar-refractivity contribution is 0.0920. The maximum absolute atomic E-state index is 13.6. The van der Waals surface area contributed by atoms with E-state index in [1.165, 1.54) is 25.7 Å². The van der Waals surface area contributed by atoms with Crippen LogP contribution in [0, 0.1) is 11.2 Å². The van der Waals surface area contributed by atoms with E-state index in [1.54, 1.807) is 6.07 Å². The quantitative estimate of drug-likeness (QED) is 0.841. The van der Waals surface area contributed by atoms with E-state index < -0.39 is 5.82 Å². The lowest BCUT2D eigenvalue weighted by Crippen LogP contribution is -2.40. The van der Waals surface area contributed by atoms with Crippen LogP contribution in [0.3, 0.4) is 0 Å². The summed E-state index contributed by atoms with van der Waals surface area (Å²) in [7, 11) is 1.39. The average Bonchev–Trinajstić information content (AvgIpc) is 2.53. The van der Waals surface area contributed by atoms with Crippen LogP contribution in [0.25, 0.3) is 0 Å². The second kappa shape index (κ2) is 7.12. The fourth-order valence-corrected chi connectivity index (χ4v) is 3.20. The molecule has 1 amide bonds. The van der Waals surface area contributed by atoms with E-state index in [0.29, 0.717) is 18.0 Å². The van der Waals surface area contributed by atoms with Crippen LogP contribution >= 0.6 is 11.6 Å². The molecule has 0 atom stereocenters. The Kier molecular flexibility index (Phi) is 5.45. The Hall–Kier alpha value is -1.29. The fraction of sp³-hybridized carbons (Fsp3) is 0.562. The van der Waals surface area contributed by atoms with Gasteiger partial charge in [-0.15, -0.1) is 11.6 Å². The van der Waals surface area contributed by atoms with E-state index >= 15 is 0 Å². The largest absolute Gasteiger partial charge is 0.494 e. The van der Waals surface area contributed by atoms with Gasteiger partial charge in [0.25, 0.3) is 5.91 Å². The number of benzene rings is 1. The predicted octanol–water partition coefficient (Wildman–Crippen LogP) is 3.75. The normalized spacial score (nSPS) is 17.3. The van der Waals surface area contributed by atoms with Crippen molar-refractivity contribution in [3.05, 3.63) is 29.6 Å². The summed E-state index contributed by atoms with van der Waals surface area (Å²) in [5, 5.41) is 2.89. The molecule has 1 aliphatic rings. The summed E-state index contributed by atoms with van der Waals surface area (Å²) in [5.74, 6) is -0.123. The zero-order chi connectivity index (χ0) is 15.3. The first kappa shape index (κ1) is 16.1. The van der Waals surface area contributed by atoms with Gasteiger partial charge >= 0.3 is 0 Å². The number of methoxy groups -OCH3 is 1. The van der Waals surface area contributed by atoms with Crippen LogP contribution in [0.5, 0.6) is 5.75 Å². The topological polar surface area (TPSA) is 38.3 Å². The molecule has 1 N–H and O–H groups in total. The number of rotatable bonds is 5. The highest BCUT2D eigenvalue weighted by Crippen LogP contribution is 2.36. The van der Waals surface area contributed by atoms with Crippen molar-refractivity contribution >= 4 is 17.5 Å². The van der Waals surface area contributed by atoms with Crippen LogP contribution in [-0.2, 0) is 0 Å². The van der Waals surface area contributed by atoms with Crippen molar-refractivity contribution < 1.29 is 13.9 Å². The lowest BCUT2D eigenvalue weighted by atomic mass is 9.75. The SMILES string of the molecule is COc1ccc(C(=O)NCC2(CCl)CCCCC2)cc1F. The van der Waals surface area contributed by atoms with Gasteiger partial charge in [-0.25, -0.2) is 4.39 Å². The second-order valence-electron chi connectivity index (χ2n) is 5.73. The third kappa shape index (κ3) is 3.88. The van der Waals surface area contributed by atoms with Crippen molar-refractivity contribution in [2.24, 2.45) is 5.41 Å². The summed E-state index contributed by atoms with van der Waals surface area (Å²) in [6.45, 7) is 0.545. The molecule has 0 radical (unpaired) electrons. The molecule has 3 nitrogen and oxygen atoms in total. The molecule has 0 heterocycles. The molecule has 116 valence electrons. The molecule has 0 aromatic heterocycles. The molecule has 0 aliphatic heterocycles.